The normalized spacial score (nSPS) is 18.1. The van der Waals surface area contributed by atoms with Crippen molar-refractivity contribution in [1.29, 1.82) is 0 Å². The SMILES string of the molecule is Cc1nc(CCNC(=O)C2CCCN2S(=O)(=O)c2ccc(C(C)(C)C)cc2)cs1. The number of nitrogens with one attached hydrogen (secondary N) is 1. The van der Waals surface area contributed by atoms with Crippen molar-refractivity contribution in [2.75, 3.05) is 13.1 Å². The number of aryl methyl sites for hydroxylation is 1. The molecule has 0 bridgehead atoms. The van der Waals surface area contributed by atoms with Crippen LogP contribution in [0.1, 0.15) is 49.9 Å². The minimum Gasteiger partial charge on any atom is -0.354 e. The first-order valence-corrected chi connectivity index (χ1v) is 12.2. The maximum atomic E-state index is 13.1. The van der Waals surface area contributed by atoms with Crippen molar-refractivity contribution in [1.82, 2.24) is 14.6 Å². The van der Waals surface area contributed by atoms with Crippen molar-refractivity contribution < 1.29 is 13.2 Å². The third-order valence-corrected chi connectivity index (χ3v) is 7.92. The van der Waals surface area contributed by atoms with E-state index in [0.717, 1.165) is 16.3 Å². The van der Waals surface area contributed by atoms with E-state index in [-0.39, 0.29) is 16.2 Å². The van der Waals surface area contributed by atoms with Gasteiger partial charge in [-0.25, -0.2) is 13.4 Å². The average molecular weight is 436 g/mol. The fraction of sp³-hybridized carbons (Fsp3) is 0.524. The third-order valence-electron chi connectivity index (χ3n) is 5.18. The number of nitrogens with zero attached hydrogens (tertiary/aromatic N) is 2. The number of hydrogen-bond donors (Lipinski definition) is 1. The number of benzene rings is 1. The summed E-state index contributed by atoms with van der Waals surface area (Å²) in [4.78, 5) is 17.3. The summed E-state index contributed by atoms with van der Waals surface area (Å²) in [7, 11) is -3.71. The van der Waals surface area contributed by atoms with Crippen molar-refractivity contribution in [2.45, 2.75) is 63.3 Å². The Morgan fingerprint density at radius 3 is 2.55 bits per heavy atom. The smallest absolute Gasteiger partial charge is 0.243 e. The Hall–Kier alpha value is -1.77. The highest BCUT2D eigenvalue weighted by molar-refractivity contribution is 7.89. The molecule has 0 radical (unpaired) electrons. The minimum atomic E-state index is -3.71. The summed E-state index contributed by atoms with van der Waals surface area (Å²) in [5.74, 6) is -0.232. The molecule has 8 heteroatoms. The predicted molar refractivity (Wildman–Crippen MR) is 116 cm³/mol. The number of rotatable bonds is 6. The number of hydrogen-bond acceptors (Lipinski definition) is 5. The van der Waals surface area contributed by atoms with Crippen LogP contribution in [-0.4, -0.2) is 42.7 Å². The molecule has 3 rings (SSSR count). The van der Waals surface area contributed by atoms with Gasteiger partial charge in [0.1, 0.15) is 6.04 Å². The summed E-state index contributed by atoms with van der Waals surface area (Å²) >= 11 is 1.58. The van der Waals surface area contributed by atoms with Gasteiger partial charge in [0.15, 0.2) is 0 Å². The summed E-state index contributed by atoms with van der Waals surface area (Å²) < 4.78 is 27.6. The number of thiazole rings is 1. The highest BCUT2D eigenvalue weighted by Crippen LogP contribution is 2.28. The maximum absolute atomic E-state index is 13.1. The van der Waals surface area contributed by atoms with Crippen LogP contribution in [0.5, 0.6) is 0 Å². The van der Waals surface area contributed by atoms with Gasteiger partial charge >= 0.3 is 0 Å². The Morgan fingerprint density at radius 2 is 1.97 bits per heavy atom. The first-order chi connectivity index (χ1) is 13.6. The van der Waals surface area contributed by atoms with Crippen LogP contribution in [-0.2, 0) is 26.7 Å². The maximum Gasteiger partial charge on any atom is 0.243 e. The molecule has 158 valence electrons. The quantitative estimate of drug-likeness (QED) is 0.755. The van der Waals surface area contributed by atoms with Crippen LogP contribution in [0, 0.1) is 6.92 Å². The van der Waals surface area contributed by atoms with Crippen molar-refractivity contribution in [3.8, 4) is 0 Å². The zero-order valence-electron chi connectivity index (χ0n) is 17.4. The van der Waals surface area contributed by atoms with Crippen molar-refractivity contribution in [2.24, 2.45) is 0 Å². The van der Waals surface area contributed by atoms with E-state index < -0.39 is 16.1 Å². The van der Waals surface area contributed by atoms with Gasteiger partial charge in [-0.3, -0.25) is 4.79 Å². The Kier molecular flexibility index (Phi) is 6.45. The molecule has 1 aliphatic heterocycles. The lowest BCUT2D eigenvalue weighted by Gasteiger charge is -2.24. The van der Waals surface area contributed by atoms with Gasteiger partial charge in [0.25, 0.3) is 0 Å². The standard InChI is InChI=1S/C21H29N3O3S2/c1-15-23-17(14-28-15)11-12-22-20(25)19-6-5-13-24(19)29(26,27)18-9-7-16(8-10-18)21(2,3)4/h7-10,14,19H,5-6,11-13H2,1-4H3,(H,22,25). The van der Waals surface area contributed by atoms with E-state index in [0.29, 0.717) is 32.4 Å². The molecule has 1 N–H and O–H groups in total. The molecule has 1 aliphatic rings. The molecule has 2 heterocycles. The van der Waals surface area contributed by atoms with E-state index in [4.69, 9.17) is 0 Å². The lowest BCUT2D eigenvalue weighted by Crippen LogP contribution is -2.46. The van der Waals surface area contributed by atoms with Gasteiger partial charge in [-0.1, -0.05) is 32.9 Å². The molecule has 2 aromatic rings. The van der Waals surface area contributed by atoms with E-state index in [2.05, 4.69) is 31.1 Å². The summed E-state index contributed by atoms with van der Waals surface area (Å²) in [5, 5.41) is 5.86. The van der Waals surface area contributed by atoms with Crippen molar-refractivity contribution in [3.63, 3.8) is 0 Å². The van der Waals surface area contributed by atoms with E-state index in [9.17, 15) is 13.2 Å². The second-order valence-electron chi connectivity index (χ2n) is 8.45. The molecule has 0 saturated carbocycles. The monoisotopic (exact) mass is 435 g/mol. The molecule has 1 saturated heterocycles. The topological polar surface area (TPSA) is 79.4 Å². The van der Waals surface area contributed by atoms with Gasteiger partial charge in [-0.2, -0.15) is 4.31 Å². The molecule has 1 amide bonds. The number of carbonyl (C=O) groups excluding carboxylic acids is 1. The van der Waals surface area contributed by atoms with E-state index in [1.165, 1.54) is 4.31 Å². The summed E-state index contributed by atoms with van der Waals surface area (Å²) in [6.07, 6.45) is 1.87. The van der Waals surface area contributed by atoms with E-state index in [1.807, 2.05) is 24.4 Å². The zero-order chi connectivity index (χ0) is 21.2. The number of amides is 1. The molecule has 6 nitrogen and oxygen atoms in total. The Bertz CT molecular complexity index is 960. The van der Waals surface area contributed by atoms with Crippen LogP contribution in [0.15, 0.2) is 34.5 Å². The molecule has 1 aromatic heterocycles. The molecule has 0 spiro atoms. The van der Waals surface area contributed by atoms with Crippen LogP contribution in [0.25, 0.3) is 0 Å². The summed E-state index contributed by atoms with van der Waals surface area (Å²) in [6, 6.07) is 6.35. The highest BCUT2D eigenvalue weighted by atomic mass is 32.2. The van der Waals surface area contributed by atoms with Crippen molar-refractivity contribution in [3.05, 3.63) is 45.9 Å². The molecule has 1 fully saturated rings. The Balaban J connectivity index is 1.67. The highest BCUT2D eigenvalue weighted by Gasteiger charge is 2.39. The molecule has 29 heavy (non-hydrogen) atoms. The number of carbonyl (C=O) groups is 1. The molecule has 0 aliphatic carbocycles. The lowest BCUT2D eigenvalue weighted by molar-refractivity contribution is -0.124. The van der Waals surface area contributed by atoms with Gasteiger partial charge in [0.2, 0.25) is 15.9 Å². The Morgan fingerprint density at radius 1 is 1.28 bits per heavy atom. The largest absolute Gasteiger partial charge is 0.354 e. The fourth-order valence-corrected chi connectivity index (χ4v) is 5.81. The third kappa shape index (κ3) is 5.05. The molecular weight excluding hydrogens is 406 g/mol. The van der Waals surface area contributed by atoms with E-state index >= 15 is 0 Å². The van der Waals surface area contributed by atoms with Gasteiger partial charge in [-0.05, 0) is 42.9 Å². The zero-order valence-corrected chi connectivity index (χ0v) is 19.1. The number of sulfonamides is 1. The average Bonchev–Trinajstić information content (AvgIpc) is 3.30. The van der Waals surface area contributed by atoms with Gasteiger partial charge in [-0.15, -0.1) is 11.3 Å². The van der Waals surface area contributed by atoms with Gasteiger partial charge in [0, 0.05) is 24.9 Å². The summed E-state index contributed by atoms with van der Waals surface area (Å²) in [5.41, 5.74) is 1.97. The van der Waals surface area contributed by atoms with Crippen molar-refractivity contribution >= 4 is 27.3 Å². The lowest BCUT2D eigenvalue weighted by atomic mass is 9.87. The van der Waals surface area contributed by atoms with Crippen LogP contribution >= 0.6 is 11.3 Å². The number of aromatic nitrogens is 1. The van der Waals surface area contributed by atoms with E-state index in [1.54, 1.807) is 23.5 Å². The summed E-state index contributed by atoms with van der Waals surface area (Å²) in [6.45, 7) is 9.03. The second kappa shape index (κ2) is 8.53. The van der Waals surface area contributed by atoms with Crippen LogP contribution in [0.2, 0.25) is 0 Å². The first kappa shape index (κ1) is 21.9. The van der Waals surface area contributed by atoms with Gasteiger partial charge < -0.3 is 5.32 Å². The Labute approximate surface area is 177 Å². The van der Waals surface area contributed by atoms with Crippen LogP contribution < -0.4 is 5.32 Å². The van der Waals surface area contributed by atoms with Crippen LogP contribution in [0.3, 0.4) is 0 Å². The molecule has 1 aromatic carbocycles. The minimum absolute atomic E-state index is 0.0474. The van der Waals surface area contributed by atoms with Crippen LogP contribution in [0.4, 0.5) is 0 Å². The van der Waals surface area contributed by atoms with Gasteiger partial charge in [0.05, 0.1) is 15.6 Å². The fourth-order valence-electron chi connectivity index (χ4n) is 3.51. The first-order valence-electron chi connectivity index (χ1n) is 9.90. The second-order valence-corrected chi connectivity index (χ2v) is 11.4. The molecular formula is C21H29N3O3S2. The molecule has 1 atom stereocenters. The predicted octanol–water partition coefficient (Wildman–Crippen LogP) is 3.26. The molecule has 1 unspecified atom stereocenters.